The van der Waals surface area contributed by atoms with Gasteiger partial charge in [0.15, 0.2) is 6.29 Å². The van der Waals surface area contributed by atoms with E-state index >= 15 is 0 Å². The number of hydrogen-bond donors (Lipinski definition) is 0. The number of benzene rings is 1. The van der Waals surface area contributed by atoms with Crippen molar-refractivity contribution in [2.24, 2.45) is 0 Å². The van der Waals surface area contributed by atoms with Crippen LogP contribution in [0.15, 0.2) is 39.8 Å². The molecule has 16 heavy (non-hydrogen) atoms. The quantitative estimate of drug-likeness (QED) is 0.631. The highest BCUT2D eigenvalue weighted by molar-refractivity contribution is 9.10. The van der Waals surface area contributed by atoms with Crippen LogP contribution in [0.2, 0.25) is 0 Å². The molecule has 0 bridgehead atoms. The smallest absolute Gasteiger partial charge is 0.161 e. The third-order valence-corrected chi connectivity index (χ3v) is 4.45. The molecule has 1 aromatic heterocycles. The van der Waals surface area contributed by atoms with Crippen molar-refractivity contribution in [2.45, 2.75) is 10.6 Å². The van der Waals surface area contributed by atoms with E-state index in [4.69, 9.17) is 0 Å². The summed E-state index contributed by atoms with van der Waals surface area (Å²) in [5, 5.41) is 0.979. The average molecular weight is 314 g/mol. The first-order chi connectivity index (χ1) is 7.78. The summed E-state index contributed by atoms with van der Waals surface area (Å²) < 4.78 is 1.07. The molecule has 2 aromatic rings. The molecule has 0 fully saturated rings. The van der Waals surface area contributed by atoms with Crippen LogP contribution in [0.3, 0.4) is 0 Å². The summed E-state index contributed by atoms with van der Waals surface area (Å²) in [7, 11) is 0. The lowest BCUT2D eigenvalue weighted by Crippen LogP contribution is -1.77. The molecule has 0 saturated carbocycles. The number of carbonyl (C=O) groups is 1. The van der Waals surface area contributed by atoms with Gasteiger partial charge < -0.3 is 0 Å². The van der Waals surface area contributed by atoms with E-state index in [1.807, 2.05) is 12.1 Å². The summed E-state index contributed by atoms with van der Waals surface area (Å²) in [6.07, 6.45) is 2.46. The number of thiazole rings is 1. The van der Waals surface area contributed by atoms with Crippen LogP contribution in [0.5, 0.6) is 0 Å². The molecule has 0 radical (unpaired) electrons. The first kappa shape index (κ1) is 11.8. The SMILES string of the molecule is O=Cc1cnc(CSc2cccc(Br)c2)s1. The third kappa shape index (κ3) is 3.17. The second-order valence-corrected chi connectivity index (χ2v) is 6.13. The minimum Gasteiger partial charge on any atom is -0.297 e. The average Bonchev–Trinajstić information content (AvgIpc) is 2.74. The molecule has 0 aliphatic carbocycles. The highest BCUT2D eigenvalue weighted by atomic mass is 79.9. The van der Waals surface area contributed by atoms with Gasteiger partial charge >= 0.3 is 0 Å². The van der Waals surface area contributed by atoms with Gasteiger partial charge in [-0.05, 0) is 18.2 Å². The van der Waals surface area contributed by atoms with Crippen molar-refractivity contribution in [1.82, 2.24) is 4.98 Å². The van der Waals surface area contributed by atoms with Gasteiger partial charge in [0, 0.05) is 15.6 Å². The molecule has 0 aliphatic rings. The summed E-state index contributed by atoms with van der Waals surface area (Å²) in [6, 6.07) is 8.13. The van der Waals surface area contributed by atoms with Gasteiger partial charge in [-0.15, -0.1) is 23.1 Å². The van der Waals surface area contributed by atoms with Crippen LogP contribution in [-0.2, 0) is 5.75 Å². The molecule has 0 unspecified atom stereocenters. The van der Waals surface area contributed by atoms with Gasteiger partial charge in [-0.25, -0.2) is 4.98 Å². The van der Waals surface area contributed by atoms with E-state index in [0.29, 0.717) is 4.88 Å². The Morgan fingerprint density at radius 2 is 2.38 bits per heavy atom. The summed E-state index contributed by atoms with van der Waals surface area (Å²) in [5.41, 5.74) is 0. The highest BCUT2D eigenvalue weighted by Crippen LogP contribution is 2.26. The standard InChI is InChI=1S/C11H8BrNOS2/c12-8-2-1-3-9(4-8)15-7-11-13-5-10(6-14)16-11/h1-6H,7H2. The minimum absolute atomic E-state index is 0.685. The minimum atomic E-state index is 0.685. The Morgan fingerprint density at radius 1 is 1.50 bits per heavy atom. The Labute approximate surface area is 110 Å². The predicted octanol–water partition coefficient (Wildman–Crippen LogP) is 4.01. The van der Waals surface area contributed by atoms with Crippen LogP contribution < -0.4 is 0 Å². The molecule has 2 rings (SSSR count). The van der Waals surface area contributed by atoms with Gasteiger partial charge in [-0.3, -0.25) is 4.79 Å². The summed E-state index contributed by atoms with van der Waals surface area (Å²) in [5.74, 6) is 0.801. The van der Waals surface area contributed by atoms with E-state index in [1.54, 1.807) is 18.0 Å². The molecule has 0 atom stereocenters. The molecule has 0 aliphatic heterocycles. The summed E-state index contributed by atoms with van der Waals surface area (Å²) in [6.45, 7) is 0. The highest BCUT2D eigenvalue weighted by Gasteiger charge is 2.02. The van der Waals surface area contributed by atoms with Crippen molar-refractivity contribution in [2.75, 3.05) is 0 Å². The van der Waals surface area contributed by atoms with E-state index in [-0.39, 0.29) is 0 Å². The summed E-state index contributed by atoms with van der Waals surface area (Å²) in [4.78, 5) is 16.6. The van der Waals surface area contributed by atoms with Crippen LogP contribution in [-0.4, -0.2) is 11.3 Å². The number of rotatable bonds is 4. The Kier molecular flexibility index (Phi) is 4.15. The lowest BCUT2D eigenvalue weighted by Gasteiger charge is -1.99. The van der Waals surface area contributed by atoms with Gasteiger partial charge in [-0.1, -0.05) is 22.0 Å². The Morgan fingerprint density at radius 3 is 3.06 bits per heavy atom. The van der Waals surface area contributed by atoms with Crippen LogP contribution in [0.1, 0.15) is 14.7 Å². The van der Waals surface area contributed by atoms with E-state index in [1.165, 1.54) is 16.2 Å². The van der Waals surface area contributed by atoms with Crippen LogP contribution in [0.25, 0.3) is 0 Å². The molecular weight excluding hydrogens is 306 g/mol. The molecule has 2 nitrogen and oxygen atoms in total. The first-order valence-corrected chi connectivity index (χ1v) is 7.15. The second-order valence-electron chi connectivity index (χ2n) is 3.02. The van der Waals surface area contributed by atoms with Crippen molar-refractivity contribution in [1.29, 1.82) is 0 Å². The fourth-order valence-electron chi connectivity index (χ4n) is 1.15. The lowest BCUT2D eigenvalue weighted by molar-refractivity contribution is 0.112. The van der Waals surface area contributed by atoms with Crippen molar-refractivity contribution in [3.63, 3.8) is 0 Å². The molecule has 0 N–H and O–H groups in total. The Balaban J connectivity index is 1.99. The number of halogens is 1. The van der Waals surface area contributed by atoms with Gasteiger partial charge in [0.1, 0.15) is 5.01 Å². The fourth-order valence-corrected chi connectivity index (χ4v) is 3.39. The van der Waals surface area contributed by atoms with Crippen LogP contribution in [0.4, 0.5) is 0 Å². The molecule has 0 spiro atoms. The zero-order chi connectivity index (χ0) is 11.4. The van der Waals surface area contributed by atoms with E-state index in [0.717, 1.165) is 21.5 Å². The molecule has 5 heteroatoms. The largest absolute Gasteiger partial charge is 0.297 e. The number of hydrogen-bond acceptors (Lipinski definition) is 4. The molecular formula is C11H8BrNOS2. The lowest BCUT2D eigenvalue weighted by atomic mass is 10.4. The maximum absolute atomic E-state index is 10.5. The van der Waals surface area contributed by atoms with Gasteiger partial charge in [-0.2, -0.15) is 0 Å². The van der Waals surface area contributed by atoms with Crippen molar-refractivity contribution < 1.29 is 4.79 Å². The van der Waals surface area contributed by atoms with Crippen LogP contribution in [0, 0.1) is 0 Å². The maximum atomic E-state index is 10.5. The van der Waals surface area contributed by atoms with Crippen molar-refractivity contribution >= 4 is 45.3 Å². The van der Waals surface area contributed by atoms with E-state index in [9.17, 15) is 4.79 Å². The number of aldehydes is 1. The zero-order valence-corrected chi connectivity index (χ0v) is 11.4. The zero-order valence-electron chi connectivity index (χ0n) is 8.22. The van der Waals surface area contributed by atoms with Crippen LogP contribution >= 0.6 is 39.0 Å². The monoisotopic (exact) mass is 313 g/mol. The number of nitrogens with zero attached hydrogens (tertiary/aromatic N) is 1. The van der Waals surface area contributed by atoms with Crippen molar-refractivity contribution in [3.8, 4) is 0 Å². The van der Waals surface area contributed by atoms with Gasteiger partial charge in [0.2, 0.25) is 0 Å². The number of thioether (sulfide) groups is 1. The van der Waals surface area contributed by atoms with E-state index in [2.05, 4.69) is 33.0 Å². The van der Waals surface area contributed by atoms with Crippen molar-refractivity contribution in [3.05, 3.63) is 44.8 Å². The Hall–Kier alpha value is -0.650. The molecule has 1 aromatic carbocycles. The normalized spacial score (nSPS) is 10.3. The second kappa shape index (κ2) is 5.61. The fraction of sp³-hybridized carbons (Fsp3) is 0.0909. The molecule has 0 saturated heterocycles. The maximum Gasteiger partial charge on any atom is 0.161 e. The Bertz CT molecular complexity index is 498. The third-order valence-electron chi connectivity index (χ3n) is 1.85. The predicted molar refractivity (Wildman–Crippen MR) is 71.2 cm³/mol. The van der Waals surface area contributed by atoms with Gasteiger partial charge in [0.25, 0.3) is 0 Å². The molecule has 0 amide bonds. The van der Waals surface area contributed by atoms with E-state index < -0.39 is 0 Å². The number of carbonyl (C=O) groups excluding carboxylic acids is 1. The molecule has 82 valence electrons. The molecule has 1 heterocycles. The first-order valence-electron chi connectivity index (χ1n) is 4.56. The topological polar surface area (TPSA) is 30.0 Å². The van der Waals surface area contributed by atoms with Gasteiger partial charge in [0.05, 0.1) is 10.6 Å². The summed E-state index contributed by atoms with van der Waals surface area (Å²) >= 11 is 6.59. The number of aromatic nitrogens is 1.